The Kier molecular flexibility index (Phi) is 3.66. The van der Waals surface area contributed by atoms with Crippen molar-refractivity contribution in [1.29, 1.82) is 0 Å². The van der Waals surface area contributed by atoms with Gasteiger partial charge in [-0.2, -0.15) is 0 Å². The molecule has 1 heterocycles. The van der Waals surface area contributed by atoms with Gasteiger partial charge in [0, 0.05) is 25.3 Å². The molecule has 0 aliphatic heterocycles. The topological polar surface area (TPSA) is 56.7 Å². The van der Waals surface area contributed by atoms with Crippen LogP contribution in [-0.2, 0) is 13.1 Å². The zero-order chi connectivity index (χ0) is 13.3. The van der Waals surface area contributed by atoms with Crippen LogP contribution in [0.15, 0.2) is 0 Å². The summed E-state index contributed by atoms with van der Waals surface area (Å²) in [5.74, 6) is -0.962. The summed E-state index contributed by atoms with van der Waals surface area (Å²) in [5.41, 5.74) is 5.62. The van der Waals surface area contributed by atoms with Crippen molar-refractivity contribution in [3.63, 3.8) is 0 Å². The van der Waals surface area contributed by atoms with E-state index in [0.717, 1.165) is 6.54 Å². The lowest BCUT2D eigenvalue weighted by Gasteiger charge is -2.15. The molecule has 102 valence electrons. The number of hydrogen-bond acceptors (Lipinski definition) is 3. The smallest absolute Gasteiger partial charge is 0.248 e. The fraction of sp³-hybridized carbons (Fsp3) is 0.833. The van der Waals surface area contributed by atoms with Crippen molar-refractivity contribution in [2.75, 3.05) is 0 Å². The number of nitrogens with zero attached hydrogens (tertiary/aromatic N) is 3. The fourth-order valence-corrected chi connectivity index (χ4v) is 2.54. The van der Waals surface area contributed by atoms with Gasteiger partial charge in [0.05, 0.1) is 6.54 Å². The lowest BCUT2D eigenvalue weighted by atomic mass is 10.1. The molecule has 1 fully saturated rings. The molecule has 1 aliphatic carbocycles. The van der Waals surface area contributed by atoms with Gasteiger partial charge in [0.2, 0.25) is 5.92 Å². The van der Waals surface area contributed by atoms with Crippen LogP contribution in [0.3, 0.4) is 0 Å². The largest absolute Gasteiger partial charge is 0.324 e. The number of rotatable bonds is 4. The summed E-state index contributed by atoms with van der Waals surface area (Å²) in [6.45, 7) is 5.18. The van der Waals surface area contributed by atoms with Crippen molar-refractivity contribution in [3.8, 4) is 0 Å². The lowest BCUT2D eigenvalue weighted by molar-refractivity contribution is 0.00743. The Morgan fingerprint density at radius 2 is 2.17 bits per heavy atom. The number of alkyl halides is 2. The van der Waals surface area contributed by atoms with Gasteiger partial charge in [-0.15, -0.1) is 10.2 Å². The van der Waals surface area contributed by atoms with Gasteiger partial charge < -0.3 is 10.3 Å². The normalized spacial score (nSPS) is 22.9. The van der Waals surface area contributed by atoms with E-state index < -0.39 is 5.92 Å². The van der Waals surface area contributed by atoms with Gasteiger partial charge in [0.1, 0.15) is 11.6 Å². The second kappa shape index (κ2) is 4.91. The van der Waals surface area contributed by atoms with E-state index in [1.807, 2.05) is 4.57 Å². The first kappa shape index (κ1) is 13.4. The third-order valence-electron chi connectivity index (χ3n) is 3.36. The second-order valence-electron chi connectivity index (χ2n) is 5.48. The van der Waals surface area contributed by atoms with E-state index in [4.69, 9.17) is 5.73 Å². The molecular formula is C12H20F2N4. The molecule has 0 amide bonds. The van der Waals surface area contributed by atoms with Gasteiger partial charge in [-0.3, -0.25) is 0 Å². The van der Waals surface area contributed by atoms with Crippen molar-refractivity contribution >= 4 is 0 Å². The first-order valence-corrected chi connectivity index (χ1v) is 6.43. The molecule has 6 heteroatoms. The van der Waals surface area contributed by atoms with E-state index in [9.17, 15) is 8.78 Å². The van der Waals surface area contributed by atoms with Crippen molar-refractivity contribution < 1.29 is 8.78 Å². The molecule has 0 bridgehead atoms. The minimum atomic E-state index is -2.55. The molecule has 4 nitrogen and oxygen atoms in total. The Bertz CT molecular complexity index is 414. The monoisotopic (exact) mass is 258 g/mol. The van der Waals surface area contributed by atoms with Gasteiger partial charge in [0.25, 0.3) is 0 Å². The van der Waals surface area contributed by atoms with Crippen LogP contribution in [0.25, 0.3) is 0 Å². The molecular weight excluding hydrogens is 238 g/mol. The minimum absolute atomic E-state index is 0.0514. The average Bonchev–Trinajstić information content (AvgIpc) is 2.81. The average molecular weight is 258 g/mol. The van der Waals surface area contributed by atoms with Gasteiger partial charge in [-0.05, 0) is 12.3 Å². The van der Waals surface area contributed by atoms with Gasteiger partial charge in [0.15, 0.2) is 0 Å². The highest BCUT2D eigenvalue weighted by atomic mass is 19.3. The molecule has 1 aromatic heterocycles. The minimum Gasteiger partial charge on any atom is -0.324 e. The Labute approximate surface area is 106 Å². The van der Waals surface area contributed by atoms with Crippen molar-refractivity contribution in [1.82, 2.24) is 14.8 Å². The van der Waals surface area contributed by atoms with Crippen LogP contribution in [0, 0.1) is 5.92 Å². The van der Waals surface area contributed by atoms with Crippen LogP contribution in [-0.4, -0.2) is 20.7 Å². The highest BCUT2D eigenvalue weighted by Gasteiger charge is 2.42. The van der Waals surface area contributed by atoms with E-state index in [1.165, 1.54) is 0 Å². The Hall–Kier alpha value is -1.04. The van der Waals surface area contributed by atoms with E-state index in [0.29, 0.717) is 30.5 Å². The molecule has 0 spiro atoms. The summed E-state index contributed by atoms with van der Waals surface area (Å²) in [6, 6.07) is 0. The van der Waals surface area contributed by atoms with Crippen molar-refractivity contribution in [3.05, 3.63) is 11.6 Å². The van der Waals surface area contributed by atoms with E-state index in [2.05, 4.69) is 24.0 Å². The van der Waals surface area contributed by atoms with Crippen LogP contribution >= 0.6 is 0 Å². The van der Waals surface area contributed by atoms with E-state index in [1.54, 1.807) is 0 Å². The molecule has 1 unspecified atom stereocenters. The maximum absolute atomic E-state index is 13.3. The summed E-state index contributed by atoms with van der Waals surface area (Å²) < 4.78 is 28.5. The molecule has 1 aliphatic rings. The molecule has 0 saturated heterocycles. The van der Waals surface area contributed by atoms with E-state index in [-0.39, 0.29) is 18.8 Å². The SMILES string of the molecule is CC(C)Cn1c(CN)nnc1C1CCC(F)(F)C1. The van der Waals surface area contributed by atoms with E-state index >= 15 is 0 Å². The highest BCUT2D eigenvalue weighted by molar-refractivity contribution is 5.06. The van der Waals surface area contributed by atoms with Crippen molar-refractivity contribution in [2.24, 2.45) is 11.7 Å². The molecule has 1 saturated carbocycles. The highest BCUT2D eigenvalue weighted by Crippen LogP contribution is 2.43. The molecule has 2 N–H and O–H groups in total. The van der Waals surface area contributed by atoms with Gasteiger partial charge in [-0.25, -0.2) is 8.78 Å². The summed E-state index contributed by atoms with van der Waals surface area (Å²) in [5, 5.41) is 8.11. The predicted octanol–water partition coefficient (Wildman–Crippen LogP) is 2.30. The molecule has 1 atom stereocenters. The first-order chi connectivity index (χ1) is 8.43. The third kappa shape index (κ3) is 2.68. The number of nitrogens with two attached hydrogens (primary N) is 1. The zero-order valence-corrected chi connectivity index (χ0v) is 10.9. The molecule has 1 aromatic rings. The molecule has 18 heavy (non-hydrogen) atoms. The predicted molar refractivity (Wildman–Crippen MR) is 64.3 cm³/mol. The van der Waals surface area contributed by atoms with Gasteiger partial charge in [-0.1, -0.05) is 13.8 Å². The van der Waals surface area contributed by atoms with Crippen molar-refractivity contribution in [2.45, 2.75) is 58.0 Å². The van der Waals surface area contributed by atoms with Crippen LogP contribution in [0.1, 0.15) is 50.7 Å². The Morgan fingerprint density at radius 3 is 2.67 bits per heavy atom. The van der Waals surface area contributed by atoms with Crippen LogP contribution in [0.2, 0.25) is 0 Å². The maximum Gasteiger partial charge on any atom is 0.248 e. The first-order valence-electron chi connectivity index (χ1n) is 6.43. The summed E-state index contributed by atoms with van der Waals surface area (Å²) in [6.07, 6.45) is 0.311. The number of hydrogen-bond donors (Lipinski definition) is 1. The molecule has 0 aromatic carbocycles. The summed E-state index contributed by atoms with van der Waals surface area (Å²) >= 11 is 0. The van der Waals surface area contributed by atoms with Crippen LogP contribution < -0.4 is 5.73 Å². The Morgan fingerprint density at radius 1 is 1.44 bits per heavy atom. The van der Waals surface area contributed by atoms with Gasteiger partial charge >= 0.3 is 0 Å². The quantitative estimate of drug-likeness (QED) is 0.901. The Balaban J connectivity index is 2.25. The lowest BCUT2D eigenvalue weighted by Crippen LogP contribution is -2.17. The fourth-order valence-electron chi connectivity index (χ4n) is 2.54. The summed E-state index contributed by atoms with van der Waals surface area (Å²) in [7, 11) is 0. The van der Waals surface area contributed by atoms with Crippen LogP contribution in [0.4, 0.5) is 8.78 Å². The van der Waals surface area contributed by atoms with Crippen LogP contribution in [0.5, 0.6) is 0 Å². The third-order valence-corrected chi connectivity index (χ3v) is 3.36. The summed E-state index contributed by atoms with van der Waals surface area (Å²) in [4.78, 5) is 0. The molecule has 0 radical (unpaired) electrons. The number of aromatic nitrogens is 3. The second-order valence-corrected chi connectivity index (χ2v) is 5.48. The maximum atomic E-state index is 13.3. The number of halogens is 2. The standard InChI is InChI=1S/C12H20F2N4/c1-8(2)7-18-10(6-15)16-17-11(18)9-3-4-12(13,14)5-9/h8-9H,3-7,15H2,1-2H3. The zero-order valence-electron chi connectivity index (χ0n) is 10.9. The molecule has 2 rings (SSSR count).